The van der Waals surface area contributed by atoms with Crippen LogP contribution in [0.15, 0.2) is 22.7 Å². The van der Waals surface area contributed by atoms with Crippen LogP contribution >= 0.6 is 15.9 Å². The highest BCUT2D eigenvalue weighted by Crippen LogP contribution is 2.29. The molecule has 0 spiro atoms. The van der Waals surface area contributed by atoms with Crippen molar-refractivity contribution >= 4 is 21.6 Å². The lowest BCUT2D eigenvalue weighted by molar-refractivity contribution is 0.422. The predicted molar refractivity (Wildman–Crippen MR) is 83.0 cm³/mol. The van der Waals surface area contributed by atoms with Crippen molar-refractivity contribution in [1.29, 1.82) is 0 Å². The molecule has 1 aliphatic carbocycles. The van der Waals surface area contributed by atoms with Gasteiger partial charge in [-0.3, -0.25) is 0 Å². The highest BCUT2D eigenvalue weighted by Gasteiger charge is 2.18. The van der Waals surface area contributed by atoms with Gasteiger partial charge in [-0.2, -0.15) is 0 Å². The largest absolute Gasteiger partial charge is 0.382 e. The standard InChI is InChI=1S/C16H23BrFN/c1-2-4-12-5-3-6-13(8-7-12)19-14-9-10-16(18)15(17)11-14/h9-13,19H,2-8H2,1H3. The van der Waals surface area contributed by atoms with Gasteiger partial charge in [-0.25, -0.2) is 4.39 Å². The van der Waals surface area contributed by atoms with E-state index in [0.29, 0.717) is 10.5 Å². The van der Waals surface area contributed by atoms with Crippen LogP contribution in [-0.2, 0) is 0 Å². The van der Waals surface area contributed by atoms with E-state index in [0.717, 1.165) is 11.6 Å². The molecule has 0 aromatic heterocycles. The number of halogens is 2. The molecule has 0 radical (unpaired) electrons. The third-order valence-corrected chi connectivity index (χ3v) is 4.68. The number of nitrogens with one attached hydrogen (secondary N) is 1. The first-order chi connectivity index (χ1) is 9.19. The fourth-order valence-electron chi connectivity index (χ4n) is 3.04. The molecule has 1 nitrogen and oxygen atoms in total. The van der Waals surface area contributed by atoms with Gasteiger partial charge in [0.05, 0.1) is 4.47 Å². The van der Waals surface area contributed by atoms with E-state index in [9.17, 15) is 4.39 Å². The molecule has 19 heavy (non-hydrogen) atoms. The van der Waals surface area contributed by atoms with E-state index < -0.39 is 0 Å². The first kappa shape index (κ1) is 14.8. The Balaban J connectivity index is 1.90. The van der Waals surface area contributed by atoms with Gasteiger partial charge in [0.2, 0.25) is 0 Å². The molecule has 2 unspecified atom stereocenters. The number of benzene rings is 1. The molecule has 1 aromatic rings. The van der Waals surface area contributed by atoms with E-state index in [4.69, 9.17) is 0 Å². The van der Waals surface area contributed by atoms with E-state index >= 15 is 0 Å². The van der Waals surface area contributed by atoms with Crippen molar-refractivity contribution < 1.29 is 4.39 Å². The third kappa shape index (κ3) is 4.48. The van der Waals surface area contributed by atoms with Crippen LogP contribution in [0.2, 0.25) is 0 Å². The zero-order valence-corrected chi connectivity index (χ0v) is 13.2. The molecule has 3 heteroatoms. The maximum absolute atomic E-state index is 13.2. The van der Waals surface area contributed by atoms with Crippen LogP contribution in [0.3, 0.4) is 0 Å². The monoisotopic (exact) mass is 327 g/mol. The highest BCUT2D eigenvalue weighted by molar-refractivity contribution is 9.10. The first-order valence-electron chi connectivity index (χ1n) is 7.40. The zero-order chi connectivity index (χ0) is 13.7. The van der Waals surface area contributed by atoms with Gasteiger partial charge < -0.3 is 5.32 Å². The lowest BCUT2D eigenvalue weighted by Gasteiger charge is -2.18. The highest BCUT2D eigenvalue weighted by atomic mass is 79.9. The minimum Gasteiger partial charge on any atom is -0.382 e. The maximum Gasteiger partial charge on any atom is 0.137 e. The van der Waals surface area contributed by atoms with Crippen LogP contribution < -0.4 is 5.32 Å². The SMILES string of the molecule is CCCC1CCCC(Nc2ccc(F)c(Br)c2)CC1. The van der Waals surface area contributed by atoms with Gasteiger partial charge in [0.1, 0.15) is 5.82 Å². The summed E-state index contributed by atoms with van der Waals surface area (Å²) in [4.78, 5) is 0. The van der Waals surface area contributed by atoms with Gasteiger partial charge in [-0.05, 0) is 59.3 Å². The molecule has 1 aliphatic rings. The Morgan fingerprint density at radius 3 is 2.84 bits per heavy atom. The van der Waals surface area contributed by atoms with Crippen LogP contribution in [0.4, 0.5) is 10.1 Å². The topological polar surface area (TPSA) is 12.0 Å². The van der Waals surface area contributed by atoms with Crippen molar-refractivity contribution in [1.82, 2.24) is 0 Å². The summed E-state index contributed by atoms with van der Waals surface area (Å²) >= 11 is 3.24. The third-order valence-electron chi connectivity index (χ3n) is 4.08. The Morgan fingerprint density at radius 1 is 1.26 bits per heavy atom. The first-order valence-corrected chi connectivity index (χ1v) is 8.20. The summed E-state index contributed by atoms with van der Waals surface area (Å²) < 4.78 is 13.7. The van der Waals surface area contributed by atoms with Crippen molar-refractivity contribution in [2.45, 2.75) is 57.9 Å². The summed E-state index contributed by atoms with van der Waals surface area (Å²) in [6, 6.07) is 5.72. The van der Waals surface area contributed by atoms with Crippen LogP contribution in [0.1, 0.15) is 51.9 Å². The van der Waals surface area contributed by atoms with Gasteiger partial charge in [0.15, 0.2) is 0 Å². The Labute approximate surface area is 124 Å². The Morgan fingerprint density at radius 2 is 2.11 bits per heavy atom. The summed E-state index contributed by atoms with van der Waals surface area (Å²) in [5.74, 6) is 0.714. The van der Waals surface area contributed by atoms with Gasteiger partial charge >= 0.3 is 0 Å². The summed E-state index contributed by atoms with van der Waals surface area (Å²) in [6.07, 6.45) is 9.15. The van der Waals surface area contributed by atoms with Gasteiger partial charge in [0.25, 0.3) is 0 Å². The second-order valence-electron chi connectivity index (χ2n) is 5.63. The predicted octanol–water partition coefficient (Wildman–Crippen LogP) is 5.75. The number of anilines is 1. The molecule has 2 atom stereocenters. The second-order valence-corrected chi connectivity index (χ2v) is 6.49. The molecule has 1 aromatic carbocycles. The minimum atomic E-state index is -0.200. The molecule has 0 amide bonds. The van der Waals surface area contributed by atoms with Crippen molar-refractivity contribution in [3.63, 3.8) is 0 Å². The fraction of sp³-hybridized carbons (Fsp3) is 0.625. The molecule has 1 N–H and O–H groups in total. The minimum absolute atomic E-state index is 0.200. The van der Waals surface area contributed by atoms with Gasteiger partial charge in [-0.1, -0.05) is 32.6 Å². The fourth-order valence-corrected chi connectivity index (χ4v) is 3.42. The van der Waals surface area contributed by atoms with Crippen LogP contribution in [0.5, 0.6) is 0 Å². The second kappa shape index (κ2) is 7.28. The normalized spacial score (nSPS) is 23.9. The van der Waals surface area contributed by atoms with Crippen molar-refractivity contribution in [2.24, 2.45) is 5.92 Å². The lowest BCUT2D eigenvalue weighted by atomic mass is 9.95. The molecule has 0 bridgehead atoms. The van der Waals surface area contributed by atoms with Gasteiger partial charge in [-0.15, -0.1) is 0 Å². The Hall–Kier alpha value is -0.570. The van der Waals surface area contributed by atoms with E-state index in [1.54, 1.807) is 0 Å². The van der Waals surface area contributed by atoms with E-state index in [1.807, 2.05) is 12.1 Å². The van der Waals surface area contributed by atoms with Crippen molar-refractivity contribution in [2.75, 3.05) is 5.32 Å². The quantitative estimate of drug-likeness (QED) is 0.694. The number of rotatable bonds is 4. The smallest absolute Gasteiger partial charge is 0.137 e. The molecule has 106 valence electrons. The average Bonchev–Trinajstić information content (AvgIpc) is 2.60. The van der Waals surface area contributed by atoms with Gasteiger partial charge in [0, 0.05) is 11.7 Å². The molecule has 0 aliphatic heterocycles. The van der Waals surface area contributed by atoms with Crippen LogP contribution in [-0.4, -0.2) is 6.04 Å². The molecular formula is C16H23BrFN. The lowest BCUT2D eigenvalue weighted by Crippen LogP contribution is -2.18. The summed E-state index contributed by atoms with van der Waals surface area (Å²) in [6.45, 7) is 2.27. The van der Waals surface area contributed by atoms with E-state index in [-0.39, 0.29) is 5.82 Å². The van der Waals surface area contributed by atoms with Crippen LogP contribution in [0.25, 0.3) is 0 Å². The average molecular weight is 328 g/mol. The maximum atomic E-state index is 13.2. The zero-order valence-electron chi connectivity index (χ0n) is 11.6. The molecular weight excluding hydrogens is 305 g/mol. The molecule has 2 rings (SSSR count). The summed E-state index contributed by atoms with van der Waals surface area (Å²) in [5.41, 5.74) is 1.02. The van der Waals surface area contributed by atoms with Crippen LogP contribution in [0, 0.1) is 11.7 Å². The van der Waals surface area contributed by atoms with Crippen molar-refractivity contribution in [3.05, 3.63) is 28.5 Å². The number of hydrogen-bond donors (Lipinski definition) is 1. The van der Waals surface area contributed by atoms with Crippen molar-refractivity contribution in [3.8, 4) is 0 Å². The van der Waals surface area contributed by atoms with E-state index in [1.165, 1.54) is 51.0 Å². The number of hydrogen-bond acceptors (Lipinski definition) is 1. The summed E-state index contributed by atoms with van der Waals surface area (Å²) in [5, 5.41) is 3.55. The molecule has 0 heterocycles. The Kier molecular flexibility index (Phi) is 5.68. The Bertz CT molecular complexity index is 408. The molecule has 0 saturated heterocycles. The summed E-state index contributed by atoms with van der Waals surface area (Å²) in [7, 11) is 0. The van der Waals surface area contributed by atoms with E-state index in [2.05, 4.69) is 28.2 Å². The molecule has 1 fully saturated rings. The molecule has 1 saturated carbocycles.